The minimum absolute atomic E-state index is 1.17. The summed E-state index contributed by atoms with van der Waals surface area (Å²) in [5, 5.41) is 0. The topological polar surface area (TPSA) is 0 Å². The number of hydrogen-bond acceptors (Lipinski definition) is 0. The van der Waals surface area contributed by atoms with Gasteiger partial charge in [-0.25, -0.2) is 0 Å². The van der Waals surface area contributed by atoms with E-state index in [1.54, 1.807) is 0 Å². The predicted molar refractivity (Wildman–Crippen MR) is 33.1 cm³/mol. The average Bonchev–Trinajstić information content (AvgIpc) is 1.69. The smallest absolute Gasteiger partial charge is 0.0174 e. The molecule has 0 heteroatoms. The Balaban J connectivity index is 2.45. The molecule has 2 radical (unpaired) electrons. The second kappa shape index (κ2) is 6.00. The molecule has 42 valence electrons. The van der Waals surface area contributed by atoms with E-state index in [2.05, 4.69) is 20.3 Å². The van der Waals surface area contributed by atoms with Gasteiger partial charge in [-0.15, -0.1) is 0 Å². The fourth-order valence-electron chi connectivity index (χ4n) is 0.479. The third-order valence-corrected chi connectivity index (χ3v) is 0.854. The van der Waals surface area contributed by atoms with E-state index in [0.29, 0.717) is 0 Å². The quantitative estimate of drug-likeness (QED) is 0.474. The van der Waals surface area contributed by atoms with Crippen LogP contribution in [0, 0.1) is 6.42 Å². The Morgan fingerprint density at radius 1 is 1.00 bits per heavy atom. The Labute approximate surface area is 46.9 Å². The van der Waals surface area contributed by atoms with Gasteiger partial charge in [0.15, 0.2) is 0 Å². The lowest BCUT2D eigenvalue weighted by Gasteiger charge is -1.89. The highest BCUT2D eigenvalue weighted by atomic mass is 13.9. The van der Waals surface area contributed by atoms with Crippen LogP contribution >= 0.6 is 0 Å². The van der Waals surface area contributed by atoms with E-state index in [9.17, 15) is 0 Å². The first-order valence-corrected chi connectivity index (χ1v) is 3.12. The molecule has 7 heavy (non-hydrogen) atoms. The van der Waals surface area contributed by atoms with Crippen molar-refractivity contribution in [2.75, 3.05) is 0 Å². The maximum absolute atomic E-state index is 3.28. The molecule has 0 amide bonds. The Hall–Kier alpha value is 0. The van der Waals surface area contributed by atoms with Gasteiger partial charge in [0.25, 0.3) is 0 Å². The minimum Gasteiger partial charge on any atom is -0.0654 e. The number of hydrogen-bond donors (Lipinski definition) is 0. The standard InChI is InChI=1S/C7H14/c1-3-5-7-6-4-2/h3-6H2,1-2H3. The van der Waals surface area contributed by atoms with Gasteiger partial charge < -0.3 is 0 Å². The molecule has 0 rings (SSSR count). The van der Waals surface area contributed by atoms with Gasteiger partial charge in [-0.1, -0.05) is 26.7 Å². The van der Waals surface area contributed by atoms with Crippen LogP contribution in [0.1, 0.15) is 39.5 Å². The van der Waals surface area contributed by atoms with Crippen molar-refractivity contribution in [1.82, 2.24) is 0 Å². The summed E-state index contributed by atoms with van der Waals surface area (Å²) in [6.45, 7) is 4.37. The van der Waals surface area contributed by atoms with Crippen LogP contribution in [0.5, 0.6) is 0 Å². The van der Waals surface area contributed by atoms with Gasteiger partial charge in [0.1, 0.15) is 0 Å². The molecule has 0 bridgehead atoms. The lowest BCUT2D eigenvalue weighted by molar-refractivity contribution is 0.796. The molecule has 0 unspecified atom stereocenters. The van der Waals surface area contributed by atoms with Crippen molar-refractivity contribution in [1.29, 1.82) is 0 Å². The van der Waals surface area contributed by atoms with Gasteiger partial charge in [-0.3, -0.25) is 0 Å². The van der Waals surface area contributed by atoms with Crippen LogP contribution in [-0.2, 0) is 0 Å². The molecule has 0 aliphatic carbocycles. The highest BCUT2D eigenvalue weighted by Crippen LogP contribution is 1.98. The highest BCUT2D eigenvalue weighted by molar-refractivity contribution is 4.60. The molecule has 0 atom stereocenters. The van der Waals surface area contributed by atoms with E-state index in [1.807, 2.05) is 0 Å². The normalized spacial score (nSPS) is 9.43. The fourth-order valence-corrected chi connectivity index (χ4v) is 0.479. The molecular formula is C7H14. The first kappa shape index (κ1) is 7.00. The molecular weight excluding hydrogens is 84.1 g/mol. The van der Waals surface area contributed by atoms with Crippen molar-refractivity contribution in [3.63, 3.8) is 0 Å². The summed E-state index contributed by atoms with van der Waals surface area (Å²) in [6.07, 6.45) is 8.13. The molecule has 0 aliphatic rings. The van der Waals surface area contributed by atoms with E-state index >= 15 is 0 Å². The molecule has 0 fully saturated rings. The summed E-state index contributed by atoms with van der Waals surface area (Å²) in [5.41, 5.74) is 0. The van der Waals surface area contributed by atoms with Crippen molar-refractivity contribution >= 4 is 0 Å². The van der Waals surface area contributed by atoms with E-state index in [4.69, 9.17) is 0 Å². The second-order valence-corrected chi connectivity index (χ2v) is 1.75. The predicted octanol–water partition coefficient (Wildman–Crippen LogP) is 2.67. The van der Waals surface area contributed by atoms with Crippen LogP contribution < -0.4 is 0 Å². The van der Waals surface area contributed by atoms with Crippen molar-refractivity contribution in [3.8, 4) is 0 Å². The van der Waals surface area contributed by atoms with Gasteiger partial charge in [0, 0.05) is 0 Å². The van der Waals surface area contributed by atoms with Gasteiger partial charge in [0.2, 0.25) is 0 Å². The second-order valence-electron chi connectivity index (χ2n) is 1.75. The van der Waals surface area contributed by atoms with Crippen LogP contribution in [-0.4, -0.2) is 0 Å². The Kier molecular flexibility index (Phi) is 6.00. The van der Waals surface area contributed by atoms with Gasteiger partial charge in [-0.2, -0.15) is 0 Å². The molecule has 0 aromatic carbocycles. The Morgan fingerprint density at radius 3 is 1.71 bits per heavy atom. The van der Waals surface area contributed by atoms with Crippen LogP contribution in [0.2, 0.25) is 0 Å². The van der Waals surface area contributed by atoms with Crippen molar-refractivity contribution in [3.05, 3.63) is 6.42 Å². The van der Waals surface area contributed by atoms with Crippen LogP contribution in [0.3, 0.4) is 0 Å². The molecule has 0 heterocycles. The largest absolute Gasteiger partial charge is 0.0654 e. The molecule has 0 saturated heterocycles. The zero-order chi connectivity index (χ0) is 5.54. The highest BCUT2D eigenvalue weighted by Gasteiger charge is 1.81. The molecule has 0 aliphatic heterocycles. The lowest BCUT2D eigenvalue weighted by atomic mass is 10.2. The molecule has 0 aromatic heterocycles. The summed E-state index contributed by atoms with van der Waals surface area (Å²) in [5.74, 6) is 0. The summed E-state index contributed by atoms with van der Waals surface area (Å²) in [4.78, 5) is 0. The Morgan fingerprint density at radius 2 is 1.43 bits per heavy atom. The van der Waals surface area contributed by atoms with Crippen molar-refractivity contribution < 1.29 is 0 Å². The van der Waals surface area contributed by atoms with Crippen LogP contribution in [0.25, 0.3) is 0 Å². The lowest BCUT2D eigenvalue weighted by Crippen LogP contribution is -1.72. The van der Waals surface area contributed by atoms with E-state index in [1.165, 1.54) is 25.7 Å². The third-order valence-electron chi connectivity index (χ3n) is 0.854. The molecule has 0 nitrogen and oxygen atoms in total. The molecule has 0 spiro atoms. The average molecular weight is 98.2 g/mol. The number of unbranched alkanes of at least 4 members (excludes halogenated alkanes) is 4. The third kappa shape index (κ3) is 6.00. The van der Waals surface area contributed by atoms with Gasteiger partial charge in [0.05, 0.1) is 0 Å². The SMILES string of the molecule is CCC[C]CCC. The molecule has 0 saturated carbocycles. The maximum atomic E-state index is 3.28. The van der Waals surface area contributed by atoms with Crippen LogP contribution in [0.4, 0.5) is 0 Å². The van der Waals surface area contributed by atoms with E-state index in [0.717, 1.165) is 0 Å². The molecule has 0 N–H and O–H groups in total. The first-order valence-electron chi connectivity index (χ1n) is 3.12. The minimum atomic E-state index is 1.17. The van der Waals surface area contributed by atoms with Crippen molar-refractivity contribution in [2.45, 2.75) is 39.5 Å². The number of rotatable bonds is 4. The summed E-state index contributed by atoms with van der Waals surface area (Å²) in [7, 11) is 0. The van der Waals surface area contributed by atoms with Crippen LogP contribution in [0.15, 0.2) is 0 Å². The maximum Gasteiger partial charge on any atom is -0.0174 e. The Bertz CT molecular complexity index is 19.2. The summed E-state index contributed by atoms with van der Waals surface area (Å²) in [6, 6.07) is 0. The zero-order valence-corrected chi connectivity index (χ0v) is 5.33. The zero-order valence-electron chi connectivity index (χ0n) is 5.33. The summed E-state index contributed by atoms with van der Waals surface area (Å²) < 4.78 is 0. The monoisotopic (exact) mass is 98.1 g/mol. The first-order chi connectivity index (χ1) is 3.41. The summed E-state index contributed by atoms with van der Waals surface area (Å²) >= 11 is 0. The van der Waals surface area contributed by atoms with E-state index in [-0.39, 0.29) is 0 Å². The van der Waals surface area contributed by atoms with Gasteiger partial charge in [-0.05, 0) is 19.3 Å². The van der Waals surface area contributed by atoms with E-state index < -0.39 is 0 Å². The molecule has 0 aromatic rings. The van der Waals surface area contributed by atoms with Crippen molar-refractivity contribution in [2.24, 2.45) is 0 Å². The fraction of sp³-hybridized carbons (Fsp3) is 0.857. The van der Waals surface area contributed by atoms with Gasteiger partial charge >= 0.3 is 0 Å².